The lowest BCUT2D eigenvalue weighted by atomic mass is 10.2. The van der Waals surface area contributed by atoms with E-state index in [4.69, 9.17) is 4.74 Å². The summed E-state index contributed by atoms with van der Waals surface area (Å²) in [6.45, 7) is 10.1. The molecule has 1 rings (SSSR count). The number of aromatic nitrogens is 1. The van der Waals surface area contributed by atoms with E-state index in [1.54, 1.807) is 17.0 Å². The van der Waals surface area contributed by atoms with Crippen LogP contribution in [0.25, 0.3) is 0 Å². The van der Waals surface area contributed by atoms with Crippen LogP contribution in [0.5, 0.6) is 5.75 Å². The van der Waals surface area contributed by atoms with Crippen LogP contribution in [0.15, 0.2) is 18.3 Å². The molecule has 0 fully saturated rings. The normalized spacial score (nSPS) is 11.3. The minimum absolute atomic E-state index is 0.155. The van der Waals surface area contributed by atoms with Crippen LogP contribution in [0.1, 0.15) is 39.8 Å². The van der Waals surface area contributed by atoms with E-state index < -0.39 is 5.60 Å². The van der Waals surface area contributed by atoms with E-state index in [-0.39, 0.29) is 11.8 Å². The molecule has 0 spiro atoms. The molecule has 0 saturated heterocycles. The lowest BCUT2D eigenvalue weighted by Crippen LogP contribution is -2.40. The molecule has 0 aliphatic heterocycles. The van der Waals surface area contributed by atoms with Crippen molar-refractivity contribution in [3.63, 3.8) is 0 Å². The van der Waals surface area contributed by atoms with Crippen LogP contribution in [0.3, 0.4) is 0 Å². The Morgan fingerprint density at radius 3 is 2.64 bits per heavy atom. The smallest absolute Gasteiger partial charge is 0.410 e. The quantitative estimate of drug-likeness (QED) is 0.757. The van der Waals surface area contributed by atoms with E-state index in [1.807, 2.05) is 27.7 Å². The lowest BCUT2D eigenvalue weighted by molar-refractivity contribution is 0.0252. The summed E-state index contributed by atoms with van der Waals surface area (Å²) >= 11 is 0. The Labute approximate surface area is 132 Å². The van der Waals surface area contributed by atoms with Crippen molar-refractivity contribution >= 4 is 6.09 Å². The van der Waals surface area contributed by atoms with Crippen LogP contribution in [0.2, 0.25) is 0 Å². The first-order valence-corrected chi connectivity index (χ1v) is 7.64. The number of ether oxygens (including phenoxy) is 1. The maximum atomic E-state index is 12.1. The van der Waals surface area contributed by atoms with Crippen molar-refractivity contribution in [1.29, 1.82) is 0 Å². The molecule has 1 aromatic rings. The minimum atomic E-state index is -0.480. The van der Waals surface area contributed by atoms with Gasteiger partial charge in [0.15, 0.2) is 0 Å². The van der Waals surface area contributed by atoms with Gasteiger partial charge in [-0.05, 0) is 39.3 Å². The molecule has 0 radical (unpaired) electrons. The fourth-order valence-corrected chi connectivity index (χ4v) is 1.84. The van der Waals surface area contributed by atoms with Crippen molar-refractivity contribution in [3.05, 3.63) is 24.0 Å². The van der Waals surface area contributed by atoms with E-state index in [9.17, 15) is 9.90 Å². The Kier molecular flexibility index (Phi) is 7.11. The summed E-state index contributed by atoms with van der Waals surface area (Å²) in [7, 11) is 0. The molecule has 0 unspecified atom stereocenters. The lowest BCUT2D eigenvalue weighted by Gasteiger charge is -2.27. The Morgan fingerprint density at radius 2 is 2.09 bits per heavy atom. The summed E-state index contributed by atoms with van der Waals surface area (Å²) in [5.74, 6) is 0.155. The highest BCUT2D eigenvalue weighted by molar-refractivity contribution is 5.68. The molecular weight excluding hydrogens is 282 g/mol. The van der Waals surface area contributed by atoms with Gasteiger partial charge < -0.3 is 20.1 Å². The molecule has 6 heteroatoms. The molecule has 0 aliphatic rings. The number of carbonyl (C=O) groups is 1. The highest BCUT2D eigenvalue weighted by Crippen LogP contribution is 2.10. The van der Waals surface area contributed by atoms with E-state index in [0.29, 0.717) is 26.2 Å². The van der Waals surface area contributed by atoms with Gasteiger partial charge in [-0.3, -0.25) is 4.98 Å². The van der Waals surface area contributed by atoms with Crippen LogP contribution >= 0.6 is 0 Å². The van der Waals surface area contributed by atoms with Gasteiger partial charge in [-0.1, -0.05) is 6.92 Å². The van der Waals surface area contributed by atoms with Crippen LogP contribution in [-0.4, -0.2) is 46.3 Å². The van der Waals surface area contributed by atoms with Crippen molar-refractivity contribution in [1.82, 2.24) is 15.2 Å². The Bertz CT molecular complexity index is 455. The van der Waals surface area contributed by atoms with Gasteiger partial charge in [-0.15, -0.1) is 0 Å². The number of hydrogen-bond acceptors (Lipinski definition) is 5. The maximum Gasteiger partial charge on any atom is 0.410 e. The van der Waals surface area contributed by atoms with Gasteiger partial charge >= 0.3 is 6.09 Å². The molecule has 0 aliphatic carbocycles. The van der Waals surface area contributed by atoms with Gasteiger partial charge in [-0.25, -0.2) is 4.79 Å². The predicted octanol–water partition coefficient (Wildman–Crippen LogP) is 2.52. The maximum absolute atomic E-state index is 12.1. The van der Waals surface area contributed by atoms with Gasteiger partial charge in [0.25, 0.3) is 0 Å². The molecule has 1 heterocycles. The molecule has 22 heavy (non-hydrogen) atoms. The summed E-state index contributed by atoms with van der Waals surface area (Å²) in [6.07, 6.45) is 2.03. The number of carbonyl (C=O) groups excluding carboxylic acids is 1. The van der Waals surface area contributed by atoms with E-state index in [2.05, 4.69) is 10.3 Å². The Morgan fingerprint density at radius 1 is 1.36 bits per heavy atom. The Balaban J connectivity index is 2.37. The van der Waals surface area contributed by atoms with E-state index in [1.165, 1.54) is 6.20 Å². The zero-order valence-corrected chi connectivity index (χ0v) is 13.9. The highest BCUT2D eigenvalue weighted by Gasteiger charge is 2.21. The van der Waals surface area contributed by atoms with E-state index >= 15 is 0 Å². The number of nitrogens with one attached hydrogen (secondary N) is 1. The second kappa shape index (κ2) is 8.58. The second-order valence-electron chi connectivity index (χ2n) is 6.15. The largest absolute Gasteiger partial charge is 0.506 e. The molecule has 6 nitrogen and oxygen atoms in total. The molecule has 0 aromatic carbocycles. The number of rotatable bonds is 7. The third kappa shape index (κ3) is 7.26. The van der Waals surface area contributed by atoms with Crippen molar-refractivity contribution in [2.24, 2.45) is 0 Å². The van der Waals surface area contributed by atoms with Gasteiger partial charge in [-0.2, -0.15) is 0 Å². The number of hydrogen-bond donors (Lipinski definition) is 2. The van der Waals surface area contributed by atoms with Crippen molar-refractivity contribution in [2.45, 2.75) is 46.3 Å². The molecule has 1 aromatic heterocycles. The molecule has 0 atom stereocenters. The molecule has 1 amide bonds. The first kappa shape index (κ1) is 18.2. The topological polar surface area (TPSA) is 74.7 Å². The highest BCUT2D eigenvalue weighted by atomic mass is 16.6. The summed E-state index contributed by atoms with van der Waals surface area (Å²) < 4.78 is 5.40. The van der Waals surface area contributed by atoms with Crippen molar-refractivity contribution in [3.8, 4) is 5.75 Å². The summed E-state index contributed by atoms with van der Waals surface area (Å²) in [5, 5.41) is 12.4. The second-order valence-corrected chi connectivity index (χ2v) is 6.15. The zero-order chi connectivity index (χ0) is 16.6. The van der Waals surface area contributed by atoms with Crippen molar-refractivity contribution < 1.29 is 14.6 Å². The predicted molar refractivity (Wildman–Crippen MR) is 85.7 cm³/mol. The summed E-state index contributed by atoms with van der Waals surface area (Å²) in [6, 6.07) is 3.37. The summed E-state index contributed by atoms with van der Waals surface area (Å²) in [4.78, 5) is 17.9. The third-order valence-corrected chi connectivity index (χ3v) is 2.82. The van der Waals surface area contributed by atoms with Crippen molar-refractivity contribution in [2.75, 3.05) is 19.6 Å². The number of pyridine rings is 1. The minimum Gasteiger partial charge on any atom is -0.506 e. The molecule has 2 N–H and O–H groups in total. The SMILES string of the molecule is CCCN(CCNCc1ccc(O)cn1)C(=O)OC(C)(C)C. The molecule has 0 saturated carbocycles. The average Bonchev–Trinajstić information content (AvgIpc) is 2.42. The fourth-order valence-electron chi connectivity index (χ4n) is 1.84. The first-order chi connectivity index (χ1) is 10.3. The fraction of sp³-hybridized carbons (Fsp3) is 0.625. The Hall–Kier alpha value is -1.82. The van der Waals surface area contributed by atoms with E-state index in [0.717, 1.165) is 12.1 Å². The summed E-state index contributed by atoms with van der Waals surface area (Å²) in [5.41, 5.74) is 0.365. The van der Waals surface area contributed by atoms with Gasteiger partial charge in [0, 0.05) is 26.2 Å². The third-order valence-electron chi connectivity index (χ3n) is 2.82. The van der Waals surface area contributed by atoms with Gasteiger partial charge in [0.1, 0.15) is 11.4 Å². The average molecular weight is 309 g/mol. The number of aromatic hydroxyl groups is 1. The van der Waals surface area contributed by atoms with Crippen LogP contribution in [-0.2, 0) is 11.3 Å². The molecular formula is C16H27N3O3. The number of nitrogens with zero attached hydrogens (tertiary/aromatic N) is 2. The van der Waals surface area contributed by atoms with Gasteiger partial charge in [0.05, 0.1) is 11.9 Å². The van der Waals surface area contributed by atoms with Crippen LogP contribution in [0.4, 0.5) is 4.79 Å². The standard InChI is InChI=1S/C16H27N3O3/c1-5-9-19(15(21)22-16(2,3)4)10-8-17-11-13-6-7-14(20)12-18-13/h6-7,12,17,20H,5,8-11H2,1-4H3. The first-order valence-electron chi connectivity index (χ1n) is 7.64. The van der Waals surface area contributed by atoms with Crippen LogP contribution < -0.4 is 5.32 Å². The molecule has 124 valence electrons. The van der Waals surface area contributed by atoms with Crippen LogP contribution in [0, 0.1) is 0 Å². The monoisotopic (exact) mass is 309 g/mol. The zero-order valence-electron chi connectivity index (χ0n) is 13.9. The molecule has 0 bridgehead atoms. The number of amides is 1. The van der Waals surface area contributed by atoms with Gasteiger partial charge in [0.2, 0.25) is 0 Å².